The Morgan fingerprint density at radius 3 is 2.67 bits per heavy atom. The Hall–Kier alpha value is -2.01. The zero-order valence-electron chi connectivity index (χ0n) is 30.0. The van der Waals surface area contributed by atoms with Crippen molar-refractivity contribution < 1.29 is 9.84 Å². The van der Waals surface area contributed by atoms with Crippen molar-refractivity contribution in [3.8, 4) is 11.1 Å². The van der Waals surface area contributed by atoms with E-state index in [-0.39, 0.29) is 6.10 Å². The summed E-state index contributed by atoms with van der Waals surface area (Å²) in [5.74, 6) is 4.62. The van der Waals surface area contributed by atoms with Crippen molar-refractivity contribution in [1.29, 1.82) is 0 Å². The summed E-state index contributed by atoms with van der Waals surface area (Å²) in [4.78, 5) is 5.20. The van der Waals surface area contributed by atoms with Crippen molar-refractivity contribution >= 4 is 27.4 Å². The first kappa shape index (κ1) is 34.1. The number of nitrogens with one attached hydrogen (secondary N) is 2. The molecule has 0 bridgehead atoms. The fraction of sp³-hybridized carbons (Fsp3) is 0.769. The number of halogens is 1. The molecule has 1 aliphatic heterocycles. The van der Waals surface area contributed by atoms with Crippen LogP contribution in [0.25, 0.3) is 16.8 Å². The van der Waals surface area contributed by atoms with Crippen molar-refractivity contribution in [1.82, 2.24) is 29.7 Å². The number of ether oxygens (including phenoxy) is 1. The number of nitrogens with zero attached hydrogens (tertiary/aromatic N) is 5. The molecule has 3 aromatic heterocycles. The highest BCUT2D eigenvalue weighted by molar-refractivity contribution is 9.10. The topological polar surface area (TPSA) is 102 Å². The van der Waals surface area contributed by atoms with Gasteiger partial charge in [-0.2, -0.15) is 14.7 Å². The molecular weight excluding hydrogens is 678 g/mol. The molecule has 4 heterocycles. The van der Waals surface area contributed by atoms with Gasteiger partial charge in [0.15, 0.2) is 5.65 Å². The highest BCUT2D eigenvalue weighted by Gasteiger charge is 2.60. The predicted molar refractivity (Wildman–Crippen MR) is 198 cm³/mol. The first-order valence-corrected chi connectivity index (χ1v) is 20.4. The molecule has 49 heavy (non-hydrogen) atoms. The van der Waals surface area contributed by atoms with E-state index in [0.717, 1.165) is 128 Å². The Morgan fingerprint density at radius 1 is 1.00 bits per heavy atom. The van der Waals surface area contributed by atoms with Gasteiger partial charge in [-0.1, -0.05) is 13.8 Å². The third-order valence-corrected chi connectivity index (χ3v) is 15.1. The molecule has 5 aliphatic rings. The zero-order valence-corrected chi connectivity index (χ0v) is 31.6. The van der Waals surface area contributed by atoms with Crippen molar-refractivity contribution in [2.45, 2.75) is 122 Å². The second-order valence-electron chi connectivity index (χ2n) is 17.0. The molecule has 0 radical (unpaired) electrons. The van der Waals surface area contributed by atoms with Gasteiger partial charge < -0.3 is 20.5 Å². The Labute approximate surface area is 300 Å². The maximum absolute atomic E-state index is 10.4. The van der Waals surface area contributed by atoms with E-state index < -0.39 is 0 Å². The second kappa shape index (κ2) is 13.8. The van der Waals surface area contributed by atoms with Crippen molar-refractivity contribution in [3.63, 3.8) is 0 Å². The highest BCUT2D eigenvalue weighted by Crippen LogP contribution is 2.66. The molecule has 5 fully saturated rings. The maximum atomic E-state index is 10.4. The number of fused-ring (bicyclic) bond motifs is 6. The van der Waals surface area contributed by atoms with Crippen LogP contribution < -0.4 is 10.6 Å². The van der Waals surface area contributed by atoms with Gasteiger partial charge in [0.05, 0.1) is 34.8 Å². The number of unbranched alkanes of at least 4 members (excludes halogenated alkanes) is 2. The van der Waals surface area contributed by atoms with Crippen LogP contribution in [-0.4, -0.2) is 67.9 Å². The van der Waals surface area contributed by atoms with Crippen LogP contribution in [0.5, 0.6) is 0 Å². The largest absolute Gasteiger partial charge is 0.393 e. The minimum absolute atomic E-state index is 0.0589. The van der Waals surface area contributed by atoms with Gasteiger partial charge in [0, 0.05) is 50.0 Å². The fourth-order valence-electron chi connectivity index (χ4n) is 11.6. The quantitative estimate of drug-likeness (QED) is 0.183. The van der Waals surface area contributed by atoms with Gasteiger partial charge in [0.25, 0.3) is 0 Å². The standard InChI is InChI=1S/C39H58BrN7O2/c1-38-15-13-28(48)20-27(38)9-10-29-31-11-12-33(39(31,2)16-14-32(29)38)49-19-6-4-5-18-42-37-34(40)35(25-8-7-17-41-21-25)45-36-30(23-44-47(36)37)26-22-43-46(3)24-26/h22-25,27-29,31-33,41-42,48H,4-21H2,1-3H3/t25-,27+,28?,29+,31+,32+,33+,38+,39+/m1/s1. The molecule has 10 heteroatoms. The summed E-state index contributed by atoms with van der Waals surface area (Å²) < 4.78 is 11.6. The summed E-state index contributed by atoms with van der Waals surface area (Å²) in [5, 5.41) is 26.9. The van der Waals surface area contributed by atoms with Gasteiger partial charge in [-0.3, -0.25) is 4.68 Å². The number of anilines is 1. The molecule has 8 rings (SSSR count). The number of hydrogen-bond donors (Lipinski definition) is 3. The molecule has 4 aliphatic carbocycles. The first-order chi connectivity index (χ1) is 23.8. The van der Waals surface area contributed by atoms with Gasteiger partial charge in [-0.05, 0) is 147 Å². The minimum atomic E-state index is -0.0589. The normalized spacial score (nSPS) is 36.0. The molecule has 9 atom stereocenters. The summed E-state index contributed by atoms with van der Waals surface area (Å²) in [7, 11) is 1.95. The van der Waals surface area contributed by atoms with Crippen molar-refractivity contribution in [2.24, 2.45) is 41.5 Å². The lowest BCUT2D eigenvalue weighted by Gasteiger charge is -2.60. The van der Waals surface area contributed by atoms with Crippen LogP contribution >= 0.6 is 15.9 Å². The van der Waals surface area contributed by atoms with E-state index in [9.17, 15) is 5.11 Å². The van der Waals surface area contributed by atoms with Gasteiger partial charge in [-0.25, -0.2) is 4.98 Å². The Balaban J connectivity index is 0.863. The highest BCUT2D eigenvalue weighted by atomic mass is 79.9. The molecular formula is C39H58BrN7O2. The number of hydrogen-bond acceptors (Lipinski definition) is 7. The lowest BCUT2D eigenvalue weighted by Crippen LogP contribution is -2.54. The molecule has 1 unspecified atom stereocenters. The van der Waals surface area contributed by atoms with Crippen LogP contribution in [0.1, 0.15) is 115 Å². The number of aryl methyl sites for hydroxylation is 1. The van der Waals surface area contributed by atoms with Crippen LogP contribution in [0.3, 0.4) is 0 Å². The molecule has 268 valence electrons. The summed E-state index contributed by atoms with van der Waals surface area (Å²) in [5.41, 5.74) is 4.82. The molecule has 0 spiro atoms. The van der Waals surface area contributed by atoms with E-state index in [1.165, 1.54) is 44.9 Å². The van der Waals surface area contributed by atoms with E-state index in [2.05, 4.69) is 45.5 Å². The summed E-state index contributed by atoms with van der Waals surface area (Å²) in [6.45, 7) is 8.95. The van der Waals surface area contributed by atoms with Gasteiger partial charge in [-0.15, -0.1) is 0 Å². The van der Waals surface area contributed by atoms with Gasteiger partial charge >= 0.3 is 0 Å². The maximum Gasteiger partial charge on any atom is 0.165 e. The van der Waals surface area contributed by atoms with Gasteiger partial charge in [0.1, 0.15) is 5.82 Å². The predicted octanol–water partition coefficient (Wildman–Crippen LogP) is 7.73. The smallest absolute Gasteiger partial charge is 0.165 e. The number of aliphatic hydroxyl groups is 1. The van der Waals surface area contributed by atoms with E-state index in [4.69, 9.17) is 14.8 Å². The number of piperidine rings is 1. The third-order valence-electron chi connectivity index (χ3n) is 14.3. The Morgan fingerprint density at radius 2 is 1.86 bits per heavy atom. The molecule has 3 N–H and O–H groups in total. The number of aliphatic hydroxyl groups excluding tert-OH is 1. The van der Waals surface area contributed by atoms with Crippen LogP contribution in [0.2, 0.25) is 0 Å². The monoisotopic (exact) mass is 735 g/mol. The molecule has 4 saturated carbocycles. The zero-order chi connectivity index (χ0) is 33.8. The number of aromatic nitrogens is 5. The van der Waals surface area contributed by atoms with Crippen molar-refractivity contribution in [3.05, 3.63) is 28.8 Å². The molecule has 9 nitrogen and oxygen atoms in total. The molecule has 1 saturated heterocycles. The molecule has 0 aromatic carbocycles. The summed E-state index contributed by atoms with van der Waals surface area (Å²) >= 11 is 3.96. The van der Waals surface area contributed by atoms with E-state index in [1.807, 2.05) is 34.8 Å². The van der Waals surface area contributed by atoms with Crippen LogP contribution in [0.4, 0.5) is 5.82 Å². The van der Waals surface area contributed by atoms with E-state index in [1.54, 1.807) is 0 Å². The molecule has 0 amide bonds. The lowest BCUT2D eigenvalue weighted by molar-refractivity contribution is -0.141. The van der Waals surface area contributed by atoms with Crippen molar-refractivity contribution in [2.75, 3.05) is 31.6 Å². The van der Waals surface area contributed by atoms with E-state index >= 15 is 0 Å². The average Bonchev–Trinajstić information content (AvgIpc) is 3.82. The number of rotatable bonds is 10. The SMILES string of the molecule is Cn1cc(-c2cnn3c(NCCCCCO[C@H]4CC[C@H]5[C@@H]6CC[C@H]7CC(O)CC[C@]7(C)[C@H]6CC[C@]45C)c(Br)c([C@@H]4CCCNC4)nc23)cn1. The summed E-state index contributed by atoms with van der Waals surface area (Å²) in [6.07, 6.45) is 23.1. The second-order valence-corrected chi connectivity index (χ2v) is 17.7. The molecule has 3 aromatic rings. The first-order valence-electron chi connectivity index (χ1n) is 19.6. The average molecular weight is 737 g/mol. The van der Waals surface area contributed by atoms with E-state index in [0.29, 0.717) is 22.9 Å². The van der Waals surface area contributed by atoms with Crippen LogP contribution in [0.15, 0.2) is 23.1 Å². The fourth-order valence-corrected chi connectivity index (χ4v) is 12.3. The lowest BCUT2D eigenvalue weighted by atomic mass is 9.45. The van der Waals surface area contributed by atoms with Crippen LogP contribution in [0, 0.1) is 34.5 Å². The summed E-state index contributed by atoms with van der Waals surface area (Å²) in [6, 6.07) is 0. The Kier molecular flexibility index (Phi) is 9.64. The third kappa shape index (κ3) is 6.18. The van der Waals surface area contributed by atoms with Gasteiger partial charge in [0.2, 0.25) is 0 Å². The van der Waals surface area contributed by atoms with Crippen LogP contribution in [-0.2, 0) is 11.8 Å². The minimum Gasteiger partial charge on any atom is -0.393 e. The Bertz CT molecular complexity index is 1620.